The number of halogens is 1. The molecule has 0 fully saturated rings. The summed E-state index contributed by atoms with van der Waals surface area (Å²) in [6.07, 6.45) is -1.40. The van der Waals surface area contributed by atoms with Crippen LogP contribution < -0.4 is 0 Å². The summed E-state index contributed by atoms with van der Waals surface area (Å²) in [6, 6.07) is 4.91. The van der Waals surface area contributed by atoms with E-state index in [1.807, 2.05) is 0 Å². The maximum atomic E-state index is 12.7. The van der Waals surface area contributed by atoms with Gasteiger partial charge in [-0.3, -0.25) is 0 Å². The van der Waals surface area contributed by atoms with Crippen molar-refractivity contribution >= 4 is 0 Å². The molecule has 0 aromatic heterocycles. The molecule has 2 N–H and O–H groups in total. The van der Waals surface area contributed by atoms with Gasteiger partial charge in [-0.1, -0.05) is 12.1 Å². The van der Waals surface area contributed by atoms with Crippen molar-refractivity contribution in [2.24, 2.45) is 0 Å². The maximum absolute atomic E-state index is 12.7. The third-order valence-corrected chi connectivity index (χ3v) is 2.05. The van der Waals surface area contributed by atoms with Crippen molar-refractivity contribution in [1.29, 1.82) is 5.39 Å². The maximum Gasteiger partial charge on any atom is 0.472 e. The molecule has 0 aliphatic carbocycles. The lowest BCUT2D eigenvalue weighted by Crippen LogP contribution is -2.04. The summed E-state index contributed by atoms with van der Waals surface area (Å²) >= 11 is 0. The molecular weight excluding hydrogens is 227 g/mol. The van der Waals surface area contributed by atoms with E-state index in [4.69, 9.17) is 10.1 Å². The topological polar surface area (TPSA) is 77.8 Å². The second-order valence-corrected chi connectivity index (χ2v) is 3.18. The molecular formula is C11H12FN2O3+. The first-order chi connectivity index (χ1) is 8.10. The van der Waals surface area contributed by atoms with Crippen LogP contribution in [0, 0.1) is 11.2 Å². The van der Waals surface area contributed by atoms with Gasteiger partial charge in [-0.25, -0.2) is 4.39 Å². The van der Waals surface area contributed by atoms with Crippen LogP contribution in [0.5, 0.6) is 0 Å². The molecule has 0 heterocycles. The van der Waals surface area contributed by atoms with Crippen molar-refractivity contribution < 1.29 is 19.3 Å². The minimum absolute atomic E-state index is 0.154. The molecule has 0 amide bonds. The first-order valence-electron chi connectivity index (χ1n) is 4.94. The Morgan fingerprint density at radius 1 is 1.47 bits per heavy atom. The van der Waals surface area contributed by atoms with Crippen LogP contribution in [0.25, 0.3) is 4.98 Å². The molecule has 90 valence electrons. The lowest BCUT2D eigenvalue weighted by molar-refractivity contribution is 0.0874. The van der Waals surface area contributed by atoms with Gasteiger partial charge in [0.2, 0.25) is 5.39 Å². The Balaban J connectivity index is 3.02. The van der Waals surface area contributed by atoms with Gasteiger partial charge in [0.1, 0.15) is 5.82 Å². The first-order valence-corrected chi connectivity index (χ1v) is 4.94. The van der Waals surface area contributed by atoms with Crippen LogP contribution in [0.4, 0.5) is 4.39 Å². The molecule has 0 aliphatic heterocycles. The minimum Gasteiger partial charge on any atom is -0.475 e. The van der Waals surface area contributed by atoms with E-state index in [1.54, 1.807) is 6.92 Å². The van der Waals surface area contributed by atoms with Crippen molar-refractivity contribution in [2.75, 3.05) is 6.61 Å². The number of aliphatic hydroxyl groups excluding tert-OH is 2. The summed E-state index contributed by atoms with van der Waals surface area (Å²) in [7, 11) is 0. The molecule has 1 aromatic carbocycles. The molecule has 0 aliphatic rings. The molecule has 17 heavy (non-hydrogen) atoms. The zero-order valence-corrected chi connectivity index (χ0v) is 9.17. The molecule has 0 radical (unpaired) electrons. The Morgan fingerprint density at radius 3 is 2.53 bits per heavy atom. The van der Waals surface area contributed by atoms with E-state index in [-0.39, 0.29) is 12.2 Å². The van der Waals surface area contributed by atoms with Crippen molar-refractivity contribution in [3.05, 3.63) is 52.3 Å². The monoisotopic (exact) mass is 239 g/mol. The van der Waals surface area contributed by atoms with E-state index in [0.717, 1.165) is 12.1 Å². The Hall–Kier alpha value is -2.13. The second-order valence-electron chi connectivity index (χ2n) is 3.18. The van der Waals surface area contributed by atoms with Gasteiger partial charge in [-0.05, 0) is 24.6 Å². The van der Waals surface area contributed by atoms with Gasteiger partial charge in [0.25, 0.3) is 0 Å². The highest BCUT2D eigenvalue weighted by molar-refractivity contribution is 5.29. The third-order valence-electron chi connectivity index (χ3n) is 2.05. The zero-order valence-electron chi connectivity index (χ0n) is 9.17. The van der Waals surface area contributed by atoms with E-state index >= 15 is 0 Å². The molecule has 0 spiro atoms. The summed E-state index contributed by atoms with van der Waals surface area (Å²) in [6.45, 7) is 1.77. The van der Waals surface area contributed by atoms with E-state index in [1.165, 1.54) is 12.1 Å². The lowest BCUT2D eigenvalue weighted by atomic mass is 10.1. The predicted molar refractivity (Wildman–Crippen MR) is 57.7 cm³/mol. The molecule has 1 unspecified atom stereocenters. The second kappa shape index (κ2) is 5.82. The number of hydrogen-bond acceptors (Lipinski definition) is 4. The fourth-order valence-corrected chi connectivity index (χ4v) is 1.23. The van der Waals surface area contributed by atoms with Crippen LogP contribution in [-0.4, -0.2) is 16.8 Å². The highest BCUT2D eigenvalue weighted by Gasteiger charge is 2.32. The van der Waals surface area contributed by atoms with Gasteiger partial charge < -0.3 is 14.9 Å². The molecule has 6 heteroatoms. The molecule has 0 saturated heterocycles. The number of nitrogens with zero attached hydrogens (tertiary/aromatic N) is 2. The van der Waals surface area contributed by atoms with Crippen molar-refractivity contribution in [3.63, 3.8) is 0 Å². The lowest BCUT2D eigenvalue weighted by Gasteiger charge is -2.04. The summed E-state index contributed by atoms with van der Waals surface area (Å²) in [4.78, 5) is 2.77. The molecule has 0 saturated carbocycles. The number of hydrogen-bond donors (Lipinski definition) is 2. The van der Waals surface area contributed by atoms with Gasteiger partial charge in [0.05, 0.1) is 6.61 Å². The van der Waals surface area contributed by atoms with Crippen molar-refractivity contribution in [1.82, 2.24) is 0 Å². The van der Waals surface area contributed by atoms with Crippen LogP contribution in [-0.2, 0) is 4.74 Å². The van der Waals surface area contributed by atoms with E-state index in [0.29, 0.717) is 0 Å². The Bertz CT molecular complexity index is 451. The average molecular weight is 239 g/mol. The number of ether oxygens (including phenoxy) is 1. The van der Waals surface area contributed by atoms with E-state index in [9.17, 15) is 14.6 Å². The summed E-state index contributed by atoms with van der Waals surface area (Å²) < 4.78 is 17.4. The van der Waals surface area contributed by atoms with Crippen LogP contribution in [0.3, 0.4) is 0 Å². The fraction of sp³-hybridized carbons (Fsp3) is 0.273. The Labute approximate surface area is 97.4 Å². The predicted octanol–water partition coefficient (Wildman–Crippen LogP) is 2.48. The highest BCUT2D eigenvalue weighted by Crippen LogP contribution is 2.25. The third kappa shape index (κ3) is 3.16. The van der Waals surface area contributed by atoms with Gasteiger partial charge >= 0.3 is 11.6 Å². The summed E-state index contributed by atoms with van der Waals surface area (Å²) in [5.74, 6) is -1.13. The molecule has 0 bridgehead atoms. The van der Waals surface area contributed by atoms with Gasteiger partial charge in [-0.2, -0.15) is 0 Å². The van der Waals surface area contributed by atoms with Crippen molar-refractivity contribution in [3.8, 4) is 0 Å². The summed E-state index contributed by atoms with van der Waals surface area (Å²) in [5.41, 5.74) is -0.163. The normalized spacial score (nSPS) is 13.5. The Kier molecular flexibility index (Phi) is 4.43. The quantitative estimate of drug-likeness (QED) is 0.625. The summed E-state index contributed by atoms with van der Waals surface area (Å²) in [5, 5.41) is 27.9. The molecule has 1 aromatic rings. The smallest absolute Gasteiger partial charge is 0.472 e. The first kappa shape index (κ1) is 12.9. The van der Waals surface area contributed by atoms with E-state index < -0.39 is 23.6 Å². The molecule has 1 atom stereocenters. The average Bonchev–Trinajstić information content (AvgIpc) is 2.31. The number of diazo groups is 1. The van der Waals surface area contributed by atoms with E-state index in [2.05, 4.69) is 4.98 Å². The van der Waals surface area contributed by atoms with Crippen LogP contribution >= 0.6 is 0 Å². The van der Waals surface area contributed by atoms with Gasteiger partial charge in [0, 0.05) is 0 Å². The van der Waals surface area contributed by atoms with Crippen LogP contribution in [0.15, 0.2) is 35.9 Å². The number of aliphatic hydroxyl groups is 2. The fourth-order valence-electron chi connectivity index (χ4n) is 1.23. The van der Waals surface area contributed by atoms with Gasteiger partial charge in [-0.15, -0.1) is 0 Å². The largest absolute Gasteiger partial charge is 0.475 e. The number of rotatable bonds is 4. The van der Waals surface area contributed by atoms with Gasteiger partial charge in [0.15, 0.2) is 11.1 Å². The SMILES string of the molecule is CCO/C(O)=C(\[N+]#N)C(O)c1ccc(F)cc1. The molecule has 1 rings (SSSR count). The molecule has 5 nitrogen and oxygen atoms in total. The number of benzene rings is 1. The zero-order chi connectivity index (χ0) is 12.8. The highest BCUT2D eigenvalue weighted by atomic mass is 19.1. The van der Waals surface area contributed by atoms with Crippen LogP contribution in [0.1, 0.15) is 18.6 Å². The minimum atomic E-state index is -1.40. The Morgan fingerprint density at radius 2 is 2.06 bits per heavy atom. The van der Waals surface area contributed by atoms with Crippen molar-refractivity contribution in [2.45, 2.75) is 13.0 Å². The standard InChI is InChI=1S/C11H11FN2O3/c1-2-17-11(16)9(14-13)10(15)7-3-5-8(12)6-4-7/h3-6,10,15H,2H2,1H3/p+1/b11-9-. The van der Waals surface area contributed by atoms with Crippen LogP contribution in [0.2, 0.25) is 0 Å².